The zero-order valence-electron chi connectivity index (χ0n) is 14.7. The van der Waals surface area contributed by atoms with Crippen molar-refractivity contribution in [2.45, 2.75) is 44.9 Å². The third kappa shape index (κ3) is 3.63. The molecule has 1 N–H and O–H groups in total. The van der Waals surface area contributed by atoms with E-state index in [9.17, 15) is 9.59 Å². The molecular formula is C21H22N2O2S. The average molecular weight is 366 g/mol. The summed E-state index contributed by atoms with van der Waals surface area (Å²) in [6.07, 6.45) is 5.65. The minimum absolute atomic E-state index is 0.0761. The van der Waals surface area contributed by atoms with Gasteiger partial charge < -0.3 is 5.32 Å². The molecule has 134 valence electrons. The van der Waals surface area contributed by atoms with Crippen LogP contribution in [0.1, 0.15) is 46.8 Å². The van der Waals surface area contributed by atoms with E-state index < -0.39 is 0 Å². The first-order chi connectivity index (χ1) is 12.7. The molecule has 0 radical (unpaired) electrons. The molecule has 0 saturated heterocycles. The number of rotatable bonds is 6. The van der Waals surface area contributed by atoms with Gasteiger partial charge in [0.05, 0.1) is 17.1 Å². The first-order valence-corrected chi connectivity index (χ1v) is 10.1. The van der Waals surface area contributed by atoms with Crippen LogP contribution in [0.3, 0.4) is 0 Å². The number of aryl methyl sites for hydroxylation is 2. The Labute approximate surface area is 157 Å². The zero-order valence-corrected chi connectivity index (χ0v) is 15.5. The van der Waals surface area contributed by atoms with E-state index in [1.54, 1.807) is 11.3 Å². The lowest BCUT2D eigenvalue weighted by Crippen LogP contribution is -2.26. The van der Waals surface area contributed by atoms with Crippen molar-refractivity contribution in [3.8, 4) is 0 Å². The highest BCUT2D eigenvalue weighted by atomic mass is 32.1. The quantitative estimate of drug-likeness (QED) is 0.851. The number of fused-ring (bicyclic) bond motifs is 1. The number of amides is 1. The van der Waals surface area contributed by atoms with Crippen molar-refractivity contribution < 1.29 is 9.59 Å². The number of ketones is 1. The van der Waals surface area contributed by atoms with Gasteiger partial charge in [-0.3, -0.25) is 9.59 Å². The molecule has 2 aliphatic rings. The number of nitrogens with zero attached hydrogens (tertiary/aromatic N) is 1. The van der Waals surface area contributed by atoms with Gasteiger partial charge in [0.1, 0.15) is 0 Å². The predicted octanol–water partition coefficient (Wildman–Crippen LogP) is 3.50. The van der Waals surface area contributed by atoms with Gasteiger partial charge in [-0.25, -0.2) is 4.98 Å². The Morgan fingerprint density at radius 1 is 1.12 bits per heavy atom. The number of thiazole rings is 1. The number of Topliss-reactive ketones (excluding diaryl/α,β-unsaturated/α-hetero) is 1. The molecule has 0 unspecified atom stereocenters. The summed E-state index contributed by atoms with van der Waals surface area (Å²) in [7, 11) is 0. The van der Waals surface area contributed by atoms with Crippen molar-refractivity contribution >= 4 is 28.6 Å². The summed E-state index contributed by atoms with van der Waals surface area (Å²) >= 11 is 1.78. The lowest BCUT2D eigenvalue weighted by molar-refractivity contribution is -0.122. The van der Waals surface area contributed by atoms with E-state index in [4.69, 9.17) is 0 Å². The van der Waals surface area contributed by atoms with Gasteiger partial charge in [0, 0.05) is 29.8 Å². The van der Waals surface area contributed by atoms with Gasteiger partial charge >= 0.3 is 0 Å². The maximum atomic E-state index is 12.3. The second-order valence-electron chi connectivity index (χ2n) is 6.85. The normalized spacial score (nSPS) is 16.2. The van der Waals surface area contributed by atoms with Crippen LogP contribution in [0.15, 0.2) is 35.9 Å². The highest BCUT2D eigenvalue weighted by Gasteiger charge is 2.25. The van der Waals surface area contributed by atoms with E-state index in [2.05, 4.69) is 10.3 Å². The van der Waals surface area contributed by atoms with Crippen molar-refractivity contribution in [3.63, 3.8) is 0 Å². The van der Waals surface area contributed by atoms with Crippen molar-refractivity contribution in [2.75, 3.05) is 6.54 Å². The fourth-order valence-electron chi connectivity index (χ4n) is 3.75. The second-order valence-corrected chi connectivity index (χ2v) is 8.02. The number of hydrogen-bond acceptors (Lipinski definition) is 4. The number of carbonyl (C=O) groups is 2. The van der Waals surface area contributed by atoms with Crippen LogP contribution < -0.4 is 5.32 Å². The van der Waals surface area contributed by atoms with Crippen LogP contribution >= 0.6 is 11.3 Å². The number of carbonyl (C=O) groups excluding carboxylic acids is 2. The van der Waals surface area contributed by atoms with E-state index in [0.717, 1.165) is 41.8 Å². The number of hydrogen-bond donors (Lipinski definition) is 1. The molecule has 1 heterocycles. The molecule has 4 nitrogen and oxygen atoms in total. The van der Waals surface area contributed by atoms with E-state index >= 15 is 0 Å². The highest BCUT2D eigenvalue weighted by molar-refractivity contribution is 7.11. The molecular weight excluding hydrogens is 344 g/mol. The van der Waals surface area contributed by atoms with Crippen LogP contribution in [0.25, 0.3) is 5.57 Å². The molecule has 4 rings (SSSR count). The Kier molecular flexibility index (Phi) is 4.98. The van der Waals surface area contributed by atoms with Gasteiger partial charge in [0.2, 0.25) is 5.91 Å². The van der Waals surface area contributed by atoms with Crippen LogP contribution in [0.5, 0.6) is 0 Å². The minimum Gasteiger partial charge on any atom is -0.355 e. The Morgan fingerprint density at radius 2 is 1.96 bits per heavy atom. The SMILES string of the molecule is O=C(CC1=C(c2ccccc2)CCC1=O)NCCc1nc2c(s1)CCC2. The Hall–Kier alpha value is -2.27. The summed E-state index contributed by atoms with van der Waals surface area (Å²) in [6.45, 7) is 0.577. The van der Waals surface area contributed by atoms with Gasteiger partial charge in [-0.15, -0.1) is 11.3 Å². The fourth-order valence-corrected chi connectivity index (χ4v) is 4.91. The molecule has 0 saturated carbocycles. The third-order valence-electron chi connectivity index (χ3n) is 5.06. The number of aromatic nitrogens is 1. The van der Waals surface area contributed by atoms with Gasteiger partial charge in [-0.05, 0) is 36.8 Å². The largest absolute Gasteiger partial charge is 0.355 e. The lowest BCUT2D eigenvalue weighted by atomic mass is 10.00. The van der Waals surface area contributed by atoms with E-state index in [-0.39, 0.29) is 18.1 Å². The summed E-state index contributed by atoms with van der Waals surface area (Å²) in [4.78, 5) is 30.6. The minimum atomic E-state index is -0.0761. The van der Waals surface area contributed by atoms with Crippen LogP contribution in [0.2, 0.25) is 0 Å². The van der Waals surface area contributed by atoms with Gasteiger partial charge in [0.25, 0.3) is 0 Å². The topological polar surface area (TPSA) is 59.1 Å². The van der Waals surface area contributed by atoms with Crippen molar-refractivity contribution in [3.05, 3.63) is 57.0 Å². The molecule has 0 aliphatic heterocycles. The fraction of sp³-hybridized carbons (Fsp3) is 0.381. The summed E-state index contributed by atoms with van der Waals surface area (Å²) in [5, 5.41) is 4.06. The standard InChI is InChI=1S/C21H22N2O2S/c24-18-10-9-15(14-5-2-1-3-6-14)16(18)13-20(25)22-12-11-21-23-17-7-4-8-19(17)26-21/h1-3,5-6H,4,7-13H2,(H,22,25). The Morgan fingerprint density at radius 3 is 2.77 bits per heavy atom. The molecule has 1 amide bonds. The predicted molar refractivity (Wildman–Crippen MR) is 103 cm³/mol. The Bertz CT molecular complexity index is 846. The van der Waals surface area contributed by atoms with Crippen LogP contribution in [-0.4, -0.2) is 23.2 Å². The lowest BCUT2D eigenvalue weighted by Gasteiger charge is -2.08. The molecule has 5 heteroatoms. The van der Waals surface area contributed by atoms with E-state index in [0.29, 0.717) is 18.5 Å². The van der Waals surface area contributed by atoms with Crippen molar-refractivity contribution in [1.29, 1.82) is 0 Å². The van der Waals surface area contributed by atoms with Crippen molar-refractivity contribution in [2.24, 2.45) is 0 Å². The molecule has 1 aromatic heterocycles. The number of allylic oxidation sites excluding steroid dienone is 1. The summed E-state index contributed by atoms with van der Waals surface area (Å²) in [6, 6.07) is 9.91. The smallest absolute Gasteiger partial charge is 0.224 e. The summed E-state index contributed by atoms with van der Waals surface area (Å²) < 4.78 is 0. The number of benzene rings is 1. The van der Waals surface area contributed by atoms with Crippen molar-refractivity contribution in [1.82, 2.24) is 10.3 Å². The second kappa shape index (κ2) is 7.54. The van der Waals surface area contributed by atoms with E-state index in [1.165, 1.54) is 17.0 Å². The van der Waals surface area contributed by atoms with Crippen LogP contribution in [0, 0.1) is 0 Å². The maximum absolute atomic E-state index is 12.3. The van der Waals surface area contributed by atoms with Crippen LogP contribution in [-0.2, 0) is 28.9 Å². The molecule has 0 atom stereocenters. The molecule has 26 heavy (non-hydrogen) atoms. The summed E-state index contributed by atoms with van der Waals surface area (Å²) in [5.41, 5.74) is 4.02. The third-order valence-corrected chi connectivity index (χ3v) is 6.28. The molecule has 1 aromatic carbocycles. The Balaban J connectivity index is 1.35. The zero-order chi connectivity index (χ0) is 17.9. The molecule has 0 bridgehead atoms. The number of nitrogens with one attached hydrogen (secondary N) is 1. The maximum Gasteiger partial charge on any atom is 0.224 e. The van der Waals surface area contributed by atoms with Gasteiger partial charge in [-0.2, -0.15) is 0 Å². The monoisotopic (exact) mass is 366 g/mol. The first-order valence-electron chi connectivity index (χ1n) is 9.25. The average Bonchev–Trinajstić information content (AvgIpc) is 3.32. The molecule has 0 spiro atoms. The van der Waals surface area contributed by atoms with E-state index in [1.807, 2.05) is 30.3 Å². The van der Waals surface area contributed by atoms with Gasteiger partial charge in [-0.1, -0.05) is 30.3 Å². The molecule has 0 fully saturated rings. The van der Waals surface area contributed by atoms with Crippen LogP contribution in [0.4, 0.5) is 0 Å². The molecule has 2 aromatic rings. The highest BCUT2D eigenvalue weighted by Crippen LogP contribution is 2.33. The first kappa shape index (κ1) is 17.2. The molecule has 2 aliphatic carbocycles. The van der Waals surface area contributed by atoms with Gasteiger partial charge in [0.15, 0.2) is 5.78 Å². The summed E-state index contributed by atoms with van der Waals surface area (Å²) in [5.74, 6) is 0.0307.